The summed E-state index contributed by atoms with van der Waals surface area (Å²) >= 11 is 5.27. The van der Waals surface area contributed by atoms with Gasteiger partial charge in [0.1, 0.15) is 0 Å². The number of hydrogen-bond acceptors (Lipinski definition) is 0. The lowest BCUT2D eigenvalue weighted by Gasteiger charge is -1.68. The van der Waals surface area contributed by atoms with E-state index in [4.69, 9.17) is 11.5 Å². The molecule has 0 unspecified atom stereocenters. The number of hydrogen-bond donors (Lipinski definition) is 0. The molecule has 2 heteroatoms. The average molecular weight is 76.3 g/mol. The monoisotopic (exact) mass is 76.0 g/mol. The van der Waals surface area contributed by atoms with Crippen LogP contribution in [0.4, 0.5) is 0 Å². The van der Waals surface area contributed by atoms with Gasteiger partial charge < -0.3 is 0 Å². The highest BCUT2D eigenvalue weighted by Crippen LogP contribution is 1.79. The molecular formula is C2H6BCl. The second-order valence-corrected chi connectivity index (χ2v) is 1.89. The predicted molar refractivity (Wildman–Crippen MR) is 23.3 cm³/mol. The molecule has 4 heavy (non-hydrogen) atoms. The molecule has 0 aromatic heterocycles. The molecule has 0 rings (SSSR count). The van der Waals surface area contributed by atoms with Crippen molar-refractivity contribution in [3.05, 3.63) is 0 Å². The molecule has 0 aromatic rings. The topological polar surface area (TPSA) is 0 Å². The third-order valence-electron chi connectivity index (χ3n) is 0. The Morgan fingerprint density at radius 1 is 1.50 bits per heavy atom. The zero-order valence-electron chi connectivity index (χ0n) is 2.96. The summed E-state index contributed by atoms with van der Waals surface area (Å²) in [5, 5.41) is 0. The standard InChI is InChI=1S/C2H6BCl/c1-3(2)4/h1-2H3. The lowest BCUT2D eigenvalue weighted by atomic mass is 9.85. The summed E-state index contributed by atoms with van der Waals surface area (Å²) in [4.78, 5) is 0. The van der Waals surface area contributed by atoms with Crippen molar-refractivity contribution in [1.29, 1.82) is 0 Å². The molecule has 0 amide bonds. The maximum Gasteiger partial charge on any atom is 0.244 e. The molecule has 0 aliphatic rings. The van der Waals surface area contributed by atoms with Crippen molar-refractivity contribution < 1.29 is 0 Å². The molecule has 0 aliphatic heterocycles. The van der Waals surface area contributed by atoms with E-state index in [1.807, 2.05) is 13.6 Å². The normalized spacial score (nSPS) is 6.75. The highest BCUT2D eigenvalue weighted by atomic mass is 35.5. The summed E-state index contributed by atoms with van der Waals surface area (Å²) in [6.45, 7) is 3.86. The Labute approximate surface area is 32.1 Å². The van der Waals surface area contributed by atoms with E-state index in [0.717, 1.165) is 0 Å². The third-order valence-corrected chi connectivity index (χ3v) is 0. The Bertz CT molecular complexity index is 10.8. The third kappa shape index (κ3) is 34.3. The van der Waals surface area contributed by atoms with Crippen molar-refractivity contribution in [2.24, 2.45) is 0 Å². The Hall–Kier alpha value is 0.355. The van der Waals surface area contributed by atoms with Gasteiger partial charge in [0.2, 0.25) is 6.13 Å². The van der Waals surface area contributed by atoms with Gasteiger partial charge >= 0.3 is 0 Å². The quantitative estimate of drug-likeness (QED) is 0.383. The van der Waals surface area contributed by atoms with Crippen molar-refractivity contribution in [2.45, 2.75) is 13.6 Å². The first-order valence-electron chi connectivity index (χ1n) is 1.37. The maximum absolute atomic E-state index is 5.27. The summed E-state index contributed by atoms with van der Waals surface area (Å²) < 4.78 is 0. The van der Waals surface area contributed by atoms with Gasteiger partial charge in [-0.3, -0.25) is 0 Å². The van der Waals surface area contributed by atoms with Crippen LogP contribution in [0.25, 0.3) is 0 Å². The zero-order chi connectivity index (χ0) is 3.58. The van der Waals surface area contributed by atoms with Crippen LogP contribution in [0.1, 0.15) is 0 Å². The molecule has 0 nitrogen and oxygen atoms in total. The van der Waals surface area contributed by atoms with E-state index in [9.17, 15) is 0 Å². The summed E-state index contributed by atoms with van der Waals surface area (Å²) in [5.74, 6) is 0. The number of halogens is 1. The van der Waals surface area contributed by atoms with Gasteiger partial charge in [-0.1, -0.05) is 13.6 Å². The largest absolute Gasteiger partial charge is 0.244 e. The molecule has 24 valence electrons. The smallest absolute Gasteiger partial charge is 0.196 e. The summed E-state index contributed by atoms with van der Waals surface area (Å²) in [5.41, 5.74) is 0. The first-order valence-corrected chi connectivity index (χ1v) is 1.81. The first-order chi connectivity index (χ1) is 1.73. The predicted octanol–water partition coefficient (Wildman–Crippen LogP) is 1.48. The Kier molecular flexibility index (Phi) is 1.80. The minimum absolute atomic E-state index is 0.306. The lowest BCUT2D eigenvalue weighted by molar-refractivity contribution is 2.10. The fraction of sp³-hybridized carbons (Fsp3) is 1.00. The van der Waals surface area contributed by atoms with E-state index in [-0.39, 0.29) is 0 Å². The van der Waals surface area contributed by atoms with Gasteiger partial charge in [0.05, 0.1) is 0 Å². The molecule has 0 saturated carbocycles. The summed E-state index contributed by atoms with van der Waals surface area (Å²) in [6.07, 6.45) is 0.306. The maximum atomic E-state index is 5.27. The van der Waals surface area contributed by atoms with Gasteiger partial charge in [-0.2, -0.15) is 11.5 Å². The van der Waals surface area contributed by atoms with Crippen LogP contribution >= 0.6 is 11.5 Å². The van der Waals surface area contributed by atoms with Crippen molar-refractivity contribution in [1.82, 2.24) is 0 Å². The van der Waals surface area contributed by atoms with E-state index in [1.165, 1.54) is 0 Å². The second-order valence-electron chi connectivity index (χ2n) is 1.01. The second kappa shape index (κ2) is 1.65. The molecule has 0 aromatic carbocycles. The van der Waals surface area contributed by atoms with Gasteiger partial charge in [0.25, 0.3) is 0 Å². The van der Waals surface area contributed by atoms with Gasteiger partial charge in [-0.05, 0) is 0 Å². The highest BCUT2D eigenvalue weighted by molar-refractivity contribution is 7.05. The zero-order valence-corrected chi connectivity index (χ0v) is 3.71. The van der Waals surface area contributed by atoms with Gasteiger partial charge in [0, 0.05) is 0 Å². The van der Waals surface area contributed by atoms with E-state index in [2.05, 4.69) is 0 Å². The Morgan fingerprint density at radius 2 is 1.50 bits per heavy atom. The van der Waals surface area contributed by atoms with Crippen molar-refractivity contribution >= 4 is 17.6 Å². The van der Waals surface area contributed by atoms with E-state index in [1.54, 1.807) is 0 Å². The molecule has 0 fully saturated rings. The van der Waals surface area contributed by atoms with Crippen LogP contribution in [0.15, 0.2) is 0 Å². The average Bonchev–Trinajstić information content (AvgIpc) is 0.811. The molecule has 0 saturated heterocycles. The van der Waals surface area contributed by atoms with Crippen LogP contribution in [-0.4, -0.2) is 6.13 Å². The molecular weight excluding hydrogens is 70.3 g/mol. The first kappa shape index (κ1) is 4.35. The molecule has 0 heterocycles. The van der Waals surface area contributed by atoms with Crippen LogP contribution < -0.4 is 0 Å². The Balaban J connectivity index is 2.32. The minimum Gasteiger partial charge on any atom is -0.196 e. The lowest BCUT2D eigenvalue weighted by Crippen LogP contribution is -1.78. The van der Waals surface area contributed by atoms with Crippen LogP contribution in [0.2, 0.25) is 13.6 Å². The van der Waals surface area contributed by atoms with Gasteiger partial charge in [-0.25, -0.2) is 0 Å². The molecule has 0 spiro atoms. The molecule has 0 atom stereocenters. The molecule has 0 radical (unpaired) electrons. The molecule has 0 N–H and O–H groups in total. The van der Waals surface area contributed by atoms with Crippen LogP contribution in [0.3, 0.4) is 0 Å². The van der Waals surface area contributed by atoms with Crippen LogP contribution in [0.5, 0.6) is 0 Å². The molecule has 0 aliphatic carbocycles. The van der Waals surface area contributed by atoms with Gasteiger partial charge in [-0.15, -0.1) is 0 Å². The van der Waals surface area contributed by atoms with Crippen molar-refractivity contribution in [3.8, 4) is 0 Å². The number of rotatable bonds is 0. The van der Waals surface area contributed by atoms with Crippen LogP contribution in [-0.2, 0) is 0 Å². The van der Waals surface area contributed by atoms with Crippen molar-refractivity contribution in [2.75, 3.05) is 0 Å². The SMILES string of the molecule is CB(C)Cl. The summed E-state index contributed by atoms with van der Waals surface area (Å²) in [6, 6.07) is 0. The van der Waals surface area contributed by atoms with Crippen molar-refractivity contribution in [3.63, 3.8) is 0 Å². The minimum atomic E-state index is 0.306. The van der Waals surface area contributed by atoms with E-state index < -0.39 is 0 Å². The van der Waals surface area contributed by atoms with Gasteiger partial charge in [0.15, 0.2) is 0 Å². The highest BCUT2D eigenvalue weighted by Gasteiger charge is 1.81. The fourth-order valence-corrected chi connectivity index (χ4v) is 0. The van der Waals surface area contributed by atoms with Crippen LogP contribution in [0, 0.1) is 0 Å². The van der Waals surface area contributed by atoms with E-state index in [0.29, 0.717) is 6.13 Å². The van der Waals surface area contributed by atoms with E-state index >= 15 is 0 Å². The summed E-state index contributed by atoms with van der Waals surface area (Å²) in [7, 11) is 0. The fourth-order valence-electron chi connectivity index (χ4n) is 0. The molecule has 0 bridgehead atoms. The Morgan fingerprint density at radius 3 is 1.50 bits per heavy atom.